The second-order valence-electron chi connectivity index (χ2n) is 5.76. The van der Waals surface area contributed by atoms with Gasteiger partial charge in [0.1, 0.15) is 11.6 Å². The van der Waals surface area contributed by atoms with Gasteiger partial charge in [0.05, 0.1) is 18.1 Å². The van der Waals surface area contributed by atoms with E-state index in [4.69, 9.17) is 4.74 Å². The van der Waals surface area contributed by atoms with E-state index in [0.717, 1.165) is 28.2 Å². The van der Waals surface area contributed by atoms with Gasteiger partial charge in [0.25, 0.3) is 5.91 Å². The van der Waals surface area contributed by atoms with E-state index in [1.165, 1.54) is 0 Å². The number of methoxy groups -OCH3 is 1. The lowest BCUT2D eigenvalue weighted by Gasteiger charge is -2.07. The van der Waals surface area contributed by atoms with Gasteiger partial charge in [0.15, 0.2) is 0 Å². The second-order valence-corrected chi connectivity index (χ2v) is 5.76. The summed E-state index contributed by atoms with van der Waals surface area (Å²) in [7, 11) is 3.63. The molecule has 24 heavy (non-hydrogen) atoms. The van der Waals surface area contributed by atoms with Gasteiger partial charge < -0.3 is 14.6 Å². The minimum atomic E-state index is -0.0477. The zero-order valence-electron chi connectivity index (χ0n) is 14.2. The van der Waals surface area contributed by atoms with Crippen molar-refractivity contribution in [2.45, 2.75) is 13.3 Å². The maximum Gasteiger partial charge on any atom is 0.251 e. The van der Waals surface area contributed by atoms with Gasteiger partial charge in [0.2, 0.25) is 0 Å². The molecule has 3 rings (SSSR count). The summed E-state index contributed by atoms with van der Waals surface area (Å²) in [5.74, 6) is 1.68. The van der Waals surface area contributed by atoms with Crippen LogP contribution in [0.3, 0.4) is 0 Å². The lowest BCUT2D eigenvalue weighted by Crippen LogP contribution is -2.27. The Hall–Kier alpha value is -2.82. The predicted octanol–water partition coefficient (Wildman–Crippen LogP) is 2.86. The summed E-state index contributed by atoms with van der Waals surface area (Å²) in [5, 5.41) is 2.97. The first-order chi connectivity index (χ1) is 11.6. The van der Waals surface area contributed by atoms with E-state index >= 15 is 0 Å². The Labute approximate surface area is 141 Å². The first-order valence-corrected chi connectivity index (χ1v) is 7.93. The summed E-state index contributed by atoms with van der Waals surface area (Å²) in [5.41, 5.74) is 3.64. The third-order valence-electron chi connectivity index (χ3n) is 4.20. The zero-order valence-corrected chi connectivity index (χ0v) is 14.2. The molecular formula is C19H21N3O2. The van der Waals surface area contributed by atoms with Crippen molar-refractivity contribution in [1.29, 1.82) is 0 Å². The molecule has 0 unspecified atom stereocenters. The van der Waals surface area contributed by atoms with Crippen LogP contribution in [-0.4, -0.2) is 29.1 Å². The Kier molecular flexibility index (Phi) is 4.51. The van der Waals surface area contributed by atoms with Crippen LogP contribution in [-0.2, 0) is 13.5 Å². The zero-order chi connectivity index (χ0) is 17.1. The maximum atomic E-state index is 12.2. The Morgan fingerprint density at radius 1 is 1.25 bits per heavy atom. The van der Waals surface area contributed by atoms with E-state index < -0.39 is 0 Å². The minimum absolute atomic E-state index is 0.0477. The molecule has 0 fully saturated rings. The Balaban J connectivity index is 1.69. The normalized spacial score (nSPS) is 10.8. The van der Waals surface area contributed by atoms with Crippen LogP contribution in [0, 0.1) is 6.92 Å². The number of carbonyl (C=O) groups excluding carboxylic acids is 1. The molecule has 2 aromatic carbocycles. The van der Waals surface area contributed by atoms with Crippen LogP contribution < -0.4 is 10.1 Å². The molecular weight excluding hydrogens is 302 g/mol. The molecule has 0 saturated heterocycles. The van der Waals surface area contributed by atoms with Gasteiger partial charge in [-0.05, 0) is 30.7 Å². The summed E-state index contributed by atoms with van der Waals surface area (Å²) in [6.07, 6.45) is 0.672. The van der Waals surface area contributed by atoms with Crippen molar-refractivity contribution in [3.8, 4) is 5.75 Å². The summed E-state index contributed by atoms with van der Waals surface area (Å²) in [6, 6.07) is 13.4. The van der Waals surface area contributed by atoms with Crippen molar-refractivity contribution in [2.24, 2.45) is 7.05 Å². The highest BCUT2D eigenvalue weighted by Gasteiger charge is 2.11. The van der Waals surface area contributed by atoms with Crippen LogP contribution in [0.4, 0.5) is 0 Å². The second kappa shape index (κ2) is 6.74. The highest BCUT2D eigenvalue weighted by atomic mass is 16.5. The molecule has 5 nitrogen and oxygen atoms in total. The molecule has 1 aromatic heterocycles. The molecule has 124 valence electrons. The highest BCUT2D eigenvalue weighted by molar-refractivity contribution is 5.95. The van der Waals surface area contributed by atoms with Crippen molar-refractivity contribution in [3.05, 3.63) is 59.4 Å². The van der Waals surface area contributed by atoms with Crippen LogP contribution >= 0.6 is 0 Å². The van der Waals surface area contributed by atoms with Gasteiger partial charge in [-0.2, -0.15) is 0 Å². The molecule has 0 radical (unpaired) electrons. The fourth-order valence-electron chi connectivity index (χ4n) is 2.79. The number of hydrogen-bond acceptors (Lipinski definition) is 3. The van der Waals surface area contributed by atoms with Crippen molar-refractivity contribution in [3.63, 3.8) is 0 Å². The number of fused-ring (bicyclic) bond motifs is 1. The monoisotopic (exact) mass is 323 g/mol. The number of hydrogen-bond donors (Lipinski definition) is 1. The Morgan fingerprint density at radius 2 is 2.04 bits per heavy atom. The number of rotatable bonds is 5. The van der Waals surface area contributed by atoms with Crippen molar-refractivity contribution in [2.75, 3.05) is 13.7 Å². The van der Waals surface area contributed by atoms with Gasteiger partial charge in [-0.1, -0.05) is 18.2 Å². The van der Waals surface area contributed by atoms with Crippen molar-refractivity contribution < 1.29 is 9.53 Å². The smallest absolute Gasteiger partial charge is 0.251 e. The third-order valence-corrected chi connectivity index (χ3v) is 4.20. The molecule has 0 spiro atoms. The molecule has 5 heteroatoms. The Morgan fingerprint density at radius 3 is 2.79 bits per heavy atom. The average molecular weight is 323 g/mol. The molecule has 3 aromatic rings. The van der Waals surface area contributed by atoms with Gasteiger partial charge in [-0.15, -0.1) is 0 Å². The number of nitrogens with zero attached hydrogens (tertiary/aromatic N) is 2. The number of nitrogens with one attached hydrogen (secondary N) is 1. The molecule has 0 aliphatic rings. The third kappa shape index (κ3) is 3.11. The first kappa shape index (κ1) is 16.1. The van der Waals surface area contributed by atoms with E-state index in [-0.39, 0.29) is 5.91 Å². The molecule has 1 heterocycles. The van der Waals surface area contributed by atoms with E-state index in [9.17, 15) is 4.79 Å². The standard InChI is InChI=1S/C19H21N3O2/c1-13-6-4-5-7-15(13)19(23)20-11-10-18-21-16-12-14(24-3)8-9-17(16)22(18)2/h4-9,12H,10-11H2,1-3H3,(H,20,23). The van der Waals surface area contributed by atoms with E-state index in [1.807, 2.05) is 56.4 Å². The number of carbonyl (C=O) groups is 1. The number of aryl methyl sites for hydroxylation is 2. The van der Waals surface area contributed by atoms with Gasteiger partial charge in [-0.25, -0.2) is 4.98 Å². The van der Waals surface area contributed by atoms with Crippen molar-refractivity contribution in [1.82, 2.24) is 14.9 Å². The first-order valence-electron chi connectivity index (χ1n) is 7.93. The van der Waals surface area contributed by atoms with E-state index in [0.29, 0.717) is 18.5 Å². The fourth-order valence-corrected chi connectivity index (χ4v) is 2.79. The highest BCUT2D eigenvalue weighted by Crippen LogP contribution is 2.21. The van der Waals surface area contributed by atoms with Gasteiger partial charge in [-0.3, -0.25) is 4.79 Å². The molecule has 0 saturated carbocycles. The summed E-state index contributed by atoms with van der Waals surface area (Å²) < 4.78 is 7.29. The largest absolute Gasteiger partial charge is 0.497 e. The summed E-state index contributed by atoms with van der Waals surface area (Å²) in [4.78, 5) is 16.9. The van der Waals surface area contributed by atoms with Gasteiger partial charge in [0, 0.05) is 31.6 Å². The number of imidazole rings is 1. The van der Waals surface area contributed by atoms with E-state index in [2.05, 4.69) is 14.9 Å². The topological polar surface area (TPSA) is 56.1 Å². The molecule has 1 amide bonds. The predicted molar refractivity (Wildman–Crippen MR) is 94.5 cm³/mol. The van der Waals surface area contributed by atoms with Crippen LogP contribution in [0.15, 0.2) is 42.5 Å². The average Bonchev–Trinajstić information content (AvgIpc) is 2.90. The molecule has 0 atom stereocenters. The van der Waals surface area contributed by atoms with E-state index in [1.54, 1.807) is 7.11 Å². The molecule has 0 aliphatic carbocycles. The molecule has 1 N–H and O–H groups in total. The fraction of sp³-hybridized carbons (Fsp3) is 0.263. The summed E-state index contributed by atoms with van der Waals surface area (Å²) in [6.45, 7) is 2.48. The van der Waals surface area contributed by atoms with Crippen LogP contribution in [0.25, 0.3) is 11.0 Å². The van der Waals surface area contributed by atoms with Crippen molar-refractivity contribution >= 4 is 16.9 Å². The molecule has 0 aliphatic heterocycles. The summed E-state index contributed by atoms with van der Waals surface area (Å²) >= 11 is 0. The molecule has 0 bridgehead atoms. The van der Waals surface area contributed by atoms with Gasteiger partial charge >= 0.3 is 0 Å². The van der Waals surface area contributed by atoms with Crippen LogP contribution in [0.5, 0.6) is 5.75 Å². The quantitative estimate of drug-likeness (QED) is 0.785. The Bertz CT molecular complexity index is 883. The number of benzene rings is 2. The number of aromatic nitrogens is 2. The van der Waals surface area contributed by atoms with Crippen LogP contribution in [0.2, 0.25) is 0 Å². The SMILES string of the molecule is COc1ccc2c(c1)nc(CCNC(=O)c1ccccc1C)n2C. The minimum Gasteiger partial charge on any atom is -0.497 e. The number of amides is 1. The lowest BCUT2D eigenvalue weighted by atomic mass is 10.1. The number of ether oxygens (including phenoxy) is 1. The maximum absolute atomic E-state index is 12.2. The van der Waals surface area contributed by atoms with Crippen LogP contribution in [0.1, 0.15) is 21.7 Å². The lowest BCUT2D eigenvalue weighted by molar-refractivity contribution is 0.0953.